The fourth-order valence-corrected chi connectivity index (χ4v) is 1.76. The molecular formula is C12H16N2O2S2. The van der Waals surface area contributed by atoms with E-state index in [0.717, 1.165) is 5.75 Å². The smallest absolute Gasteiger partial charge is 0.257 e. The SMILES string of the molecule is CSCCNC(=O)COc1ccccc1C(N)=S. The van der Waals surface area contributed by atoms with Crippen LogP contribution < -0.4 is 15.8 Å². The predicted octanol–water partition coefficient (Wildman–Crippen LogP) is 1.18. The van der Waals surface area contributed by atoms with Crippen LogP contribution in [-0.2, 0) is 4.79 Å². The van der Waals surface area contributed by atoms with Gasteiger partial charge in [-0.3, -0.25) is 4.79 Å². The van der Waals surface area contributed by atoms with Gasteiger partial charge in [-0.2, -0.15) is 11.8 Å². The molecule has 6 heteroatoms. The van der Waals surface area contributed by atoms with Crippen molar-refractivity contribution < 1.29 is 9.53 Å². The first-order valence-electron chi connectivity index (χ1n) is 5.42. The first kappa shape index (κ1) is 14.8. The lowest BCUT2D eigenvalue weighted by Crippen LogP contribution is -2.30. The molecule has 0 unspecified atom stereocenters. The van der Waals surface area contributed by atoms with Crippen LogP contribution in [0.3, 0.4) is 0 Å². The Morgan fingerprint density at radius 1 is 1.50 bits per heavy atom. The number of thioether (sulfide) groups is 1. The first-order chi connectivity index (χ1) is 8.65. The molecule has 0 saturated carbocycles. The molecule has 0 atom stereocenters. The minimum atomic E-state index is -0.151. The van der Waals surface area contributed by atoms with Gasteiger partial charge in [-0.1, -0.05) is 24.4 Å². The van der Waals surface area contributed by atoms with Gasteiger partial charge in [0.15, 0.2) is 6.61 Å². The molecule has 1 amide bonds. The molecule has 0 aliphatic heterocycles. The zero-order valence-corrected chi connectivity index (χ0v) is 11.8. The highest BCUT2D eigenvalue weighted by atomic mass is 32.2. The first-order valence-corrected chi connectivity index (χ1v) is 7.22. The second-order valence-corrected chi connectivity index (χ2v) is 4.92. The van der Waals surface area contributed by atoms with Crippen molar-refractivity contribution in [2.45, 2.75) is 0 Å². The third-order valence-corrected chi connectivity index (χ3v) is 2.97. The van der Waals surface area contributed by atoms with Crippen LogP contribution in [0.25, 0.3) is 0 Å². The Morgan fingerprint density at radius 2 is 2.22 bits per heavy atom. The van der Waals surface area contributed by atoms with E-state index >= 15 is 0 Å². The van der Waals surface area contributed by atoms with Crippen molar-refractivity contribution >= 4 is 34.9 Å². The minimum Gasteiger partial charge on any atom is -0.483 e. The van der Waals surface area contributed by atoms with E-state index in [9.17, 15) is 4.79 Å². The van der Waals surface area contributed by atoms with Crippen molar-refractivity contribution in [3.63, 3.8) is 0 Å². The number of para-hydroxylation sites is 1. The van der Waals surface area contributed by atoms with E-state index in [1.54, 1.807) is 23.9 Å². The highest BCUT2D eigenvalue weighted by molar-refractivity contribution is 7.98. The Hall–Kier alpha value is -1.27. The molecule has 0 fully saturated rings. The molecule has 0 heterocycles. The van der Waals surface area contributed by atoms with Crippen molar-refractivity contribution in [2.75, 3.05) is 25.2 Å². The second-order valence-electron chi connectivity index (χ2n) is 3.49. The molecule has 3 N–H and O–H groups in total. The summed E-state index contributed by atoms with van der Waals surface area (Å²) in [4.78, 5) is 11.7. The number of amides is 1. The molecule has 0 aliphatic carbocycles. The average molecular weight is 284 g/mol. The normalized spacial score (nSPS) is 9.83. The molecule has 98 valence electrons. The van der Waals surface area contributed by atoms with Crippen molar-refractivity contribution in [3.05, 3.63) is 29.8 Å². The Balaban J connectivity index is 2.48. The lowest BCUT2D eigenvalue weighted by Gasteiger charge is -2.10. The topological polar surface area (TPSA) is 64.3 Å². The highest BCUT2D eigenvalue weighted by Gasteiger charge is 2.07. The Kier molecular flexibility index (Phi) is 6.53. The number of rotatable bonds is 7. The summed E-state index contributed by atoms with van der Waals surface area (Å²) in [6.07, 6.45) is 1.99. The number of benzene rings is 1. The summed E-state index contributed by atoms with van der Waals surface area (Å²) >= 11 is 6.58. The third kappa shape index (κ3) is 4.93. The van der Waals surface area contributed by atoms with Gasteiger partial charge < -0.3 is 15.8 Å². The largest absolute Gasteiger partial charge is 0.483 e. The molecule has 1 aromatic carbocycles. The van der Waals surface area contributed by atoms with E-state index in [1.165, 1.54) is 0 Å². The van der Waals surface area contributed by atoms with E-state index in [1.807, 2.05) is 18.4 Å². The van der Waals surface area contributed by atoms with Crippen LogP contribution >= 0.6 is 24.0 Å². The molecule has 0 bridgehead atoms. The zero-order chi connectivity index (χ0) is 13.4. The van der Waals surface area contributed by atoms with E-state index < -0.39 is 0 Å². The number of thiocarbonyl (C=S) groups is 1. The monoisotopic (exact) mass is 284 g/mol. The van der Waals surface area contributed by atoms with E-state index in [4.69, 9.17) is 22.7 Å². The highest BCUT2D eigenvalue weighted by Crippen LogP contribution is 2.17. The van der Waals surface area contributed by atoms with Crippen LogP contribution in [0, 0.1) is 0 Å². The molecule has 1 aromatic rings. The Morgan fingerprint density at radius 3 is 2.89 bits per heavy atom. The third-order valence-electron chi connectivity index (χ3n) is 2.14. The molecule has 18 heavy (non-hydrogen) atoms. The van der Waals surface area contributed by atoms with Gasteiger partial charge in [0.25, 0.3) is 5.91 Å². The van der Waals surface area contributed by atoms with Gasteiger partial charge in [-0.05, 0) is 18.4 Å². The van der Waals surface area contributed by atoms with Gasteiger partial charge >= 0.3 is 0 Å². The number of nitrogens with one attached hydrogen (secondary N) is 1. The van der Waals surface area contributed by atoms with Crippen molar-refractivity contribution in [1.82, 2.24) is 5.32 Å². The van der Waals surface area contributed by atoms with Crippen molar-refractivity contribution in [1.29, 1.82) is 0 Å². The summed E-state index contributed by atoms with van der Waals surface area (Å²) in [5.74, 6) is 1.27. The van der Waals surface area contributed by atoms with E-state index in [-0.39, 0.29) is 17.5 Å². The summed E-state index contributed by atoms with van der Waals surface area (Å²) in [6.45, 7) is 0.605. The fourth-order valence-electron chi connectivity index (χ4n) is 1.28. The maximum Gasteiger partial charge on any atom is 0.257 e. The summed E-state index contributed by atoms with van der Waals surface area (Å²) in [6, 6.07) is 7.13. The molecule has 4 nitrogen and oxygen atoms in total. The van der Waals surface area contributed by atoms with Crippen LogP contribution in [0.2, 0.25) is 0 Å². The van der Waals surface area contributed by atoms with E-state index in [2.05, 4.69) is 5.32 Å². The standard InChI is InChI=1S/C12H16N2O2S2/c1-18-7-6-14-11(15)8-16-10-5-3-2-4-9(10)12(13)17/h2-5H,6-8H2,1H3,(H2,13,17)(H,14,15). The number of nitrogens with two attached hydrogens (primary N) is 1. The van der Waals surface area contributed by atoms with Crippen LogP contribution in [0.1, 0.15) is 5.56 Å². The lowest BCUT2D eigenvalue weighted by atomic mass is 10.2. The molecule has 0 spiro atoms. The summed E-state index contributed by atoms with van der Waals surface area (Å²) in [7, 11) is 0. The predicted molar refractivity (Wildman–Crippen MR) is 79.2 cm³/mol. The van der Waals surface area contributed by atoms with Gasteiger partial charge in [0.2, 0.25) is 0 Å². The van der Waals surface area contributed by atoms with Gasteiger partial charge in [0.1, 0.15) is 10.7 Å². The van der Waals surface area contributed by atoms with Gasteiger partial charge in [-0.15, -0.1) is 0 Å². The number of hydrogen-bond acceptors (Lipinski definition) is 4. The minimum absolute atomic E-state index is 0.0337. The van der Waals surface area contributed by atoms with E-state index in [0.29, 0.717) is 17.9 Å². The molecular weight excluding hydrogens is 268 g/mol. The number of carbonyl (C=O) groups is 1. The Labute approximate surface area is 116 Å². The zero-order valence-electron chi connectivity index (χ0n) is 10.1. The Bertz CT molecular complexity index is 424. The van der Waals surface area contributed by atoms with Gasteiger partial charge in [0.05, 0.1) is 5.56 Å². The summed E-state index contributed by atoms with van der Waals surface area (Å²) in [5.41, 5.74) is 6.21. The van der Waals surface area contributed by atoms with Crippen molar-refractivity contribution in [2.24, 2.45) is 5.73 Å². The summed E-state index contributed by atoms with van der Waals surface area (Å²) < 4.78 is 5.40. The van der Waals surface area contributed by atoms with Gasteiger partial charge in [-0.25, -0.2) is 0 Å². The van der Waals surface area contributed by atoms with Crippen molar-refractivity contribution in [3.8, 4) is 5.75 Å². The van der Waals surface area contributed by atoms with Crippen LogP contribution in [0.4, 0.5) is 0 Å². The maximum absolute atomic E-state index is 11.5. The molecule has 0 aromatic heterocycles. The number of carbonyl (C=O) groups excluding carboxylic acids is 1. The number of ether oxygens (including phenoxy) is 1. The van der Waals surface area contributed by atoms with Crippen LogP contribution in [0.15, 0.2) is 24.3 Å². The number of hydrogen-bond donors (Lipinski definition) is 2. The van der Waals surface area contributed by atoms with Gasteiger partial charge in [0, 0.05) is 12.3 Å². The van der Waals surface area contributed by atoms with Crippen LogP contribution in [0.5, 0.6) is 5.75 Å². The quantitative estimate of drug-likeness (QED) is 0.581. The molecule has 0 aliphatic rings. The average Bonchev–Trinajstić information content (AvgIpc) is 2.37. The second kappa shape index (κ2) is 7.94. The molecule has 0 radical (unpaired) electrons. The van der Waals surface area contributed by atoms with Crippen LogP contribution in [-0.4, -0.2) is 36.1 Å². The molecule has 1 rings (SSSR count). The fraction of sp³-hybridized carbons (Fsp3) is 0.333. The summed E-state index contributed by atoms with van der Waals surface area (Å²) in [5, 5.41) is 2.75. The molecule has 0 saturated heterocycles. The lowest BCUT2D eigenvalue weighted by molar-refractivity contribution is -0.122. The maximum atomic E-state index is 11.5.